The van der Waals surface area contributed by atoms with Gasteiger partial charge >= 0.3 is 12.1 Å². The molecule has 12 nitrogen and oxygen atoms in total. The second-order valence-corrected chi connectivity index (χ2v) is 8.27. The largest absolute Gasteiger partial charge is 0.496 e. The van der Waals surface area contributed by atoms with Crippen LogP contribution in [0.3, 0.4) is 0 Å². The number of aliphatic hydroxyl groups is 1. The highest BCUT2D eigenvalue weighted by Gasteiger charge is 2.27. The summed E-state index contributed by atoms with van der Waals surface area (Å²) in [4.78, 5) is 30.3. The molecule has 0 bridgehead atoms. The van der Waals surface area contributed by atoms with Gasteiger partial charge in [-0.05, 0) is 29.8 Å². The zero-order valence-electron chi connectivity index (χ0n) is 20.3. The van der Waals surface area contributed by atoms with E-state index in [1.807, 2.05) is 0 Å². The first-order valence-corrected chi connectivity index (χ1v) is 11.6. The quantitative estimate of drug-likeness (QED) is 0.316. The monoisotopic (exact) mass is 511 g/mol. The minimum Gasteiger partial charge on any atom is -0.496 e. The van der Waals surface area contributed by atoms with E-state index in [2.05, 4.69) is 15.6 Å². The van der Waals surface area contributed by atoms with Gasteiger partial charge in [-0.3, -0.25) is 4.90 Å². The van der Waals surface area contributed by atoms with Crippen molar-refractivity contribution in [2.24, 2.45) is 5.73 Å². The number of nitrogens with zero attached hydrogens (tertiary/aromatic N) is 2. The normalized spacial score (nSPS) is 15.6. The van der Waals surface area contributed by atoms with Gasteiger partial charge in [-0.15, -0.1) is 0 Å². The number of nitrogens with two attached hydrogens (primary N) is 1. The van der Waals surface area contributed by atoms with Crippen LogP contribution in [0.1, 0.15) is 12.0 Å². The molecule has 12 heteroatoms. The molecular formula is C25H29N5O7. The molecule has 196 valence electrons. The molecule has 0 saturated carbocycles. The molecule has 37 heavy (non-hydrogen) atoms. The summed E-state index contributed by atoms with van der Waals surface area (Å²) >= 11 is 0. The van der Waals surface area contributed by atoms with Crippen LogP contribution in [0, 0.1) is 0 Å². The molecule has 4 rings (SSSR count). The van der Waals surface area contributed by atoms with Crippen LogP contribution in [-0.4, -0.2) is 66.3 Å². The number of aromatic nitrogens is 1. The number of anilines is 2. The smallest absolute Gasteiger partial charge is 0.412 e. The maximum atomic E-state index is 12.7. The van der Waals surface area contributed by atoms with E-state index < -0.39 is 18.4 Å². The summed E-state index contributed by atoms with van der Waals surface area (Å²) in [7, 11) is 1.52. The van der Waals surface area contributed by atoms with Gasteiger partial charge in [0, 0.05) is 30.4 Å². The lowest BCUT2D eigenvalue weighted by atomic mass is 10.1. The van der Waals surface area contributed by atoms with Gasteiger partial charge in [-0.2, -0.15) is 0 Å². The fourth-order valence-electron chi connectivity index (χ4n) is 3.79. The summed E-state index contributed by atoms with van der Waals surface area (Å²) in [5, 5.41) is 15.8. The van der Waals surface area contributed by atoms with Crippen LogP contribution in [0.4, 0.5) is 21.0 Å². The van der Waals surface area contributed by atoms with Crippen molar-refractivity contribution in [3.63, 3.8) is 0 Å². The summed E-state index contributed by atoms with van der Waals surface area (Å²) in [6, 6.07) is 11.5. The van der Waals surface area contributed by atoms with Crippen LogP contribution in [0.15, 0.2) is 59.5 Å². The first-order chi connectivity index (χ1) is 18.0. The molecule has 5 N–H and O–H groups in total. The number of ether oxygens (including phenoxy) is 3. The molecule has 2 heterocycles. The Morgan fingerprint density at radius 3 is 2.73 bits per heavy atom. The number of oxazole rings is 1. The van der Waals surface area contributed by atoms with Crippen molar-refractivity contribution >= 4 is 23.5 Å². The van der Waals surface area contributed by atoms with Gasteiger partial charge in [0.15, 0.2) is 12.2 Å². The number of benzene rings is 2. The maximum absolute atomic E-state index is 12.7. The van der Waals surface area contributed by atoms with E-state index in [4.69, 9.17) is 24.4 Å². The minimum atomic E-state index is -1.23. The Kier molecular flexibility index (Phi) is 8.56. The van der Waals surface area contributed by atoms with Gasteiger partial charge in [-0.25, -0.2) is 14.6 Å². The molecule has 0 radical (unpaired) electrons. The van der Waals surface area contributed by atoms with Crippen molar-refractivity contribution in [3.05, 3.63) is 60.6 Å². The summed E-state index contributed by atoms with van der Waals surface area (Å²) < 4.78 is 21.4. The van der Waals surface area contributed by atoms with E-state index in [-0.39, 0.29) is 19.2 Å². The van der Waals surface area contributed by atoms with E-state index in [0.29, 0.717) is 53.6 Å². The topological polar surface area (TPSA) is 161 Å². The van der Waals surface area contributed by atoms with Crippen LogP contribution in [0.25, 0.3) is 11.3 Å². The van der Waals surface area contributed by atoms with E-state index in [1.54, 1.807) is 48.7 Å². The van der Waals surface area contributed by atoms with Crippen molar-refractivity contribution < 1.29 is 33.3 Å². The number of hydrogen-bond acceptors (Lipinski definition) is 9. The molecule has 3 amide bonds. The lowest BCUT2D eigenvalue weighted by Gasteiger charge is -2.27. The average molecular weight is 512 g/mol. The summed E-state index contributed by atoms with van der Waals surface area (Å²) in [6.07, 6.45) is 1.21. The molecule has 0 aliphatic carbocycles. The van der Waals surface area contributed by atoms with Gasteiger partial charge < -0.3 is 40.1 Å². The number of aliphatic hydroxyl groups excluding tert-OH is 1. The molecule has 2 aromatic carbocycles. The molecule has 1 fully saturated rings. The Morgan fingerprint density at radius 1 is 1.24 bits per heavy atom. The number of nitrogens with one attached hydrogen (secondary N) is 2. The molecule has 1 aliphatic rings. The minimum absolute atomic E-state index is 0.0300. The molecule has 3 aromatic rings. The van der Waals surface area contributed by atoms with Crippen LogP contribution in [0.2, 0.25) is 0 Å². The molecule has 0 spiro atoms. The second-order valence-electron chi connectivity index (χ2n) is 8.27. The number of methoxy groups -OCH3 is 1. The van der Waals surface area contributed by atoms with Gasteiger partial charge in [0.25, 0.3) is 0 Å². The predicted molar refractivity (Wildman–Crippen MR) is 134 cm³/mol. The number of rotatable bonds is 9. The Balaban J connectivity index is 1.40. The van der Waals surface area contributed by atoms with Gasteiger partial charge in [0.2, 0.25) is 0 Å². The van der Waals surface area contributed by atoms with Crippen molar-refractivity contribution in [3.8, 4) is 17.1 Å². The number of urea groups is 1. The molecule has 1 unspecified atom stereocenters. The van der Waals surface area contributed by atoms with E-state index in [1.165, 1.54) is 13.5 Å². The third kappa shape index (κ3) is 6.76. The highest BCUT2D eigenvalue weighted by Crippen LogP contribution is 2.32. The van der Waals surface area contributed by atoms with Crippen LogP contribution in [-0.2, 0) is 16.0 Å². The van der Waals surface area contributed by atoms with Gasteiger partial charge in [0.05, 0.1) is 38.6 Å². The van der Waals surface area contributed by atoms with Crippen molar-refractivity contribution in [1.82, 2.24) is 9.88 Å². The lowest BCUT2D eigenvalue weighted by molar-refractivity contribution is -0.0147. The molecule has 1 saturated heterocycles. The first kappa shape index (κ1) is 25.9. The summed E-state index contributed by atoms with van der Waals surface area (Å²) in [6.45, 7) is 0.713. The average Bonchev–Trinajstić information content (AvgIpc) is 3.61. The number of amides is 3. The van der Waals surface area contributed by atoms with E-state index in [9.17, 15) is 14.7 Å². The highest BCUT2D eigenvalue weighted by molar-refractivity contribution is 6.00. The van der Waals surface area contributed by atoms with Crippen LogP contribution < -0.4 is 21.1 Å². The Hall–Kier alpha value is -4.13. The Labute approximate surface area is 213 Å². The SMILES string of the molecule is COc1cc(NC(=O)Nc2cccc(CN(C(=O)OC3CCOC3)[C@H](O)CN)c2)ccc1-c1cnco1. The fourth-order valence-corrected chi connectivity index (χ4v) is 3.79. The van der Waals surface area contributed by atoms with Gasteiger partial charge in [0.1, 0.15) is 18.1 Å². The van der Waals surface area contributed by atoms with E-state index >= 15 is 0 Å². The summed E-state index contributed by atoms with van der Waals surface area (Å²) in [5.41, 5.74) is 7.93. The lowest BCUT2D eigenvalue weighted by Crippen LogP contribution is -2.45. The Morgan fingerprint density at radius 2 is 2.05 bits per heavy atom. The van der Waals surface area contributed by atoms with Crippen molar-refractivity contribution in [2.75, 3.05) is 37.5 Å². The third-order valence-electron chi connectivity index (χ3n) is 5.66. The van der Waals surface area contributed by atoms with Crippen molar-refractivity contribution in [1.29, 1.82) is 0 Å². The second kappa shape index (κ2) is 12.2. The predicted octanol–water partition coefficient (Wildman–Crippen LogP) is 3.00. The molecule has 1 aliphatic heterocycles. The standard InChI is InChI=1S/C25H29N5O7/c1-34-21-10-18(5-6-20(21)22-12-27-15-36-22)29-24(32)28-17-4-2-3-16(9-17)13-30(23(31)11-26)25(33)37-19-7-8-35-14-19/h2-6,9-10,12,15,19,23,31H,7-8,11,13-14,26H2,1H3,(H2,28,29,32)/t19?,23-/m1/s1. The zero-order chi connectivity index (χ0) is 26.2. The molecular weight excluding hydrogens is 482 g/mol. The van der Waals surface area contributed by atoms with Crippen molar-refractivity contribution in [2.45, 2.75) is 25.3 Å². The summed E-state index contributed by atoms with van der Waals surface area (Å²) in [5.74, 6) is 1.05. The van der Waals surface area contributed by atoms with Gasteiger partial charge in [-0.1, -0.05) is 12.1 Å². The number of carbonyl (C=O) groups excluding carboxylic acids is 2. The van der Waals surface area contributed by atoms with Crippen LogP contribution >= 0.6 is 0 Å². The fraction of sp³-hybridized carbons (Fsp3) is 0.320. The highest BCUT2D eigenvalue weighted by atomic mass is 16.6. The van der Waals surface area contributed by atoms with Crippen LogP contribution in [0.5, 0.6) is 5.75 Å². The first-order valence-electron chi connectivity index (χ1n) is 11.6. The molecule has 2 atom stereocenters. The number of hydrogen-bond donors (Lipinski definition) is 4. The number of carbonyl (C=O) groups is 2. The van der Waals surface area contributed by atoms with E-state index in [0.717, 1.165) is 4.90 Å². The maximum Gasteiger partial charge on any atom is 0.412 e. The zero-order valence-corrected chi connectivity index (χ0v) is 20.3. The molecule has 1 aromatic heterocycles. The Bertz CT molecular complexity index is 1200. The third-order valence-corrected chi connectivity index (χ3v) is 5.66.